The Balaban J connectivity index is 2.39. The molecule has 2 heteroatoms. The van der Waals surface area contributed by atoms with E-state index in [1.54, 1.807) is 0 Å². The maximum atomic E-state index is 11.2. The number of amides is 1. The minimum absolute atomic E-state index is 0.0294. The molecule has 1 amide bonds. The Labute approximate surface area is 99.5 Å². The first-order valence-electron chi connectivity index (χ1n) is 6.42. The van der Waals surface area contributed by atoms with Gasteiger partial charge in [0, 0.05) is 6.04 Å². The fraction of sp³-hybridized carbons (Fsp3) is 0.786. The van der Waals surface area contributed by atoms with Crippen LogP contribution in [0.3, 0.4) is 0 Å². The Hall–Kier alpha value is -0.790. The number of rotatable bonds is 4. The second-order valence-electron chi connectivity index (χ2n) is 5.60. The molecule has 0 saturated heterocycles. The minimum Gasteiger partial charge on any atom is -0.350 e. The van der Waals surface area contributed by atoms with Crippen molar-refractivity contribution in [3.05, 3.63) is 12.7 Å². The average Bonchev–Trinajstić information content (AvgIpc) is 2.29. The summed E-state index contributed by atoms with van der Waals surface area (Å²) < 4.78 is 0. The lowest BCUT2D eigenvalue weighted by atomic mass is 9.69. The summed E-state index contributed by atoms with van der Waals surface area (Å²) >= 11 is 0. The van der Waals surface area contributed by atoms with Crippen LogP contribution in [0.1, 0.15) is 52.9 Å². The van der Waals surface area contributed by atoms with E-state index in [0.717, 1.165) is 18.8 Å². The van der Waals surface area contributed by atoms with Crippen molar-refractivity contribution in [3.63, 3.8) is 0 Å². The number of nitrogens with one attached hydrogen (secondary N) is 1. The molecule has 0 heterocycles. The third kappa shape index (κ3) is 3.36. The van der Waals surface area contributed by atoms with E-state index in [1.165, 1.54) is 25.3 Å². The van der Waals surface area contributed by atoms with Gasteiger partial charge in [-0.15, -0.1) is 0 Å². The summed E-state index contributed by atoms with van der Waals surface area (Å²) in [5, 5.41) is 3.00. The van der Waals surface area contributed by atoms with Gasteiger partial charge in [0.1, 0.15) is 0 Å². The molecule has 0 aromatic carbocycles. The van der Waals surface area contributed by atoms with Crippen molar-refractivity contribution < 1.29 is 4.79 Å². The van der Waals surface area contributed by atoms with E-state index < -0.39 is 0 Å². The summed E-state index contributed by atoms with van der Waals surface area (Å²) in [7, 11) is 0. The maximum Gasteiger partial charge on any atom is 0.243 e. The van der Waals surface area contributed by atoms with Crippen LogP contribution in [0, 0.1) is 11.3 Å². The Bertz CT molecular complexity index is 249. The highest BCUT2D eigenvalue weighted by molar-refractivity contribution is 5.87. The summed E-state index contributed by atoms with van der Waals surface area (Å²) in [6, 6.07) is 0.370. The molecule has 0 radical (unpaired) electrons. The van der Waals surface area contributed by atoms with E-state index in [1.807, 2.05) is 0 Å². The van der Waals surface area contributed by atoms with Crippen LogP contribution in [0.5, 0.6) is 0 Å². The molecule has 16 heavy (non-hydrogen) atoms. The molecule has 92 valence electrons. The van der Waals surface area contributed by atoms with Gasteiger partial charge in [0.2, 0.25) is 5.91 Å². The predicted octanol–water partition coefficient (Wildman–Crippen LogP) is 3.28. The lowest BCUT2D eigenvalue weighted by molar-refractivity contribution is -0.117. The van der Waals surface area contributed by atoms with E-state index in [-0.39, 0.29) is 5.91 Å². The van der Waals surface area contributed by atoms with Gasteiger partial charge in [-0.3, -0.25) is 4.79 Å². The molecular weight excluding hydrogens is 198 g/mol. The minimum atomic E-state index is -0.0294. The SMILES string of the molecule is C=CC(=O)NC1CCC(C(C)(C)CC)CC1. The topological polar surface area (TPSA) is 29.1 Å². The van der Waals surface area contributed by atoms with E-state index in [2.05, 4.69) is 32.7 Å². The number of carbonyl (C=O) groups is 1. The van der Waals surface area contributed by atoms with Crippen LogP contribution in [-0.4, -0.2) is 11.9 Å². The lowest BCUT2D eigenvalue weighted by Gasteiger charge is -2.39. The monoisotopic (exact) mass is 223 g/mol. The van der Waals surface area contributed by atoms with Gasteiger partial charge >= 0.3 is 0 Å². The van der Waals surface area contributed by atoms with Crippen molar-refractivity contribution in [2.24, 2.45) is 11.3 Å². The first kappa shape index (κ1) is 13.3. The third-order valence-corrected chi connectivity index (χ3v) is 4.28. The van der Waals surface area contributed by atoms with Gasteiger partial charge in [-0.05, 0) is 43.1 Å². The van der Waals surface area contributed by atoms with Crippen LogP contribution in [-0.2, 0) is 4.79 Å². The van der Waals surface area contributed by atoms with E-state index in [9.17, 15) is 4.79 Å². The largest absolute Gasteiger partial charge is 0.350 e. The zero-order chi connectivity index (χ0) is 12.2. The Morgan fingerprint density at radius 3 is 2.38 bits per heavy atom. The lowest BCUT2D eigenvalue weighted by Crippen LogP contribution is -2.39. The van der Waals surface area contributed by atoms with Crippen LogP contribution in [0.25, 0.3) is 0 Å². The average molecular weight is 223 g/mol. The van der Waals surface area contributed by atoms with Crippen molar-refractivity contribution in [1.82, 2.24) is 5.32 Å². The zero-order valence-electron chi connectivity index (χ0n) is 10.9. The van der Waals surface area contributed by atoms with Gasteiger partial charge in [0.15, 0.2) is 0 Å². The molecular formula is C14H25NO. The van der Waals surface area contributed by atoms with Crippen LogP contribution in [0.2, 0.25) is 0 Å². The molecule has 0 atom stereocenters. The van der Waals surface area contributed by atoms with Gasteiger partial charge in [-0.2, -0.15) is 0 Å². The summed E-state index contributed by atoms with van der Waals surface area (Å²) in [4.78, 5) is 11.2. The molecule has 1 aliphatic rings. The molecule has 0 unspecified atom stereocenters. The molecule has 1 N–H and O–H groups in total. The molecule has 1 aliphatic carbocycles. The smallest absolute Gasteiger partial charge is 0.243 e. The Morgan fingerprint density at radius 2 is 1.94 bits per heavy atom. The molecule has 0 bridgehead atoms. The van der Waals surface area contributed by atoms with Crippen LogP contribution in [0.4, 0.5) is 0 Å². The first-order valence-corrected chi connectivity index (χ1v) is 6.42. The van der Waals surface area contributed by atoms with Gasteiger partial charge in [0.05, 0.1) is 0 Å². The second kappa shape index (κ2) is 5.51. The second-order valence-corrected chi connectivity index (χ2v) is 5.60. The number of carbonyl (C=O) groups excluding carboxylic acids is 1. The van der Waals surface area contributed by atoms with Crippen LogP contribution in [0.15, 0.2) is 12.7 Å². The third-order valence-electron chi connectivity index (χ3n) is 4.28. The predicted molar refractivity (Wildman–Crippen MR) is 68.2 cm³/mol. The number of hydrogen-bond donors (Lipinski definition) is 1. The van der Waals surface area contributed by atoms with E-state index in [0.29, 0.717) is 11.5 Å². The number of hydrogen-bond acceptors (Lipinski definition) is 1. The van der Waals surface area contributed by atoms with Crippen LogP contribution >= 0.6 is 0 Å². The fourth-order valence-corrected chi connectivity index (χ4v) is 2.57. The molecule has 0 spiro atoms. The Kier molecular flexibility index (Phi) is 4.57. The molecule has 0 aromatic heterocycles. The van der Waals surface area contributed by atoms with Crippen LogP contribution < -0.4 is 5.32 Å². The normalized spacial score (nSPS) is 26.2. The van der Waals surface area contributed by atoms with Crippen molar-refractivity contribution in [2.45, 2.75) is 58.9 Å². The van der Waals surface area contributed by atoms with Crippen molar-refractivity contribution >= 4 is 5.91 Å². The summed E-state index contributed by atoms with van der Waals surface area (Å²) in [5.74, 6) is 0.785. The highest BCUT2D eigenvalue weighted by atomic mass is 16.1. The fourth-order valence-electron chi connectivity index (χ4n) is 2.57. The van der Waals surface area contributed by atoms with Crippen molar-refractivity contribution in [2.75, 3.05) is 0 Å². The van der Waals surface area contributed by atoms with Crippen molar-refractivity contribution in [1.29, 1.82) is 0 Å². The summed E-state index contributed by atoms with van der Waals surface area (Å²) in [6.07, 6.45) is 7.32. The van der Waals surface area contributed by atoms with Gasteiger partial charge in [-0.25, -0.2) is 0 Å². The Morgan fingerprint density at radius 1 is 1.38 bits per heavy atom. The summed E-state index contributed by atoms with van der Waals surface area (Å²) in [5.41, 5.74) is 0.452. The molecule has 1 fully saturated rings. The highest BCUT2D eigenvalue weighted by Crippen LogP contribution is 2.40. The highest BCUT2D eigenvalue weighted by Gasteiger charge is 2.31. The molecule has 1 rings (SSSR count). The first-order chi connectivity index (χ1) is 7.49. The molecule has 0 aromatic rings. The molecule has 1 saturated carbocycles. The molecule has 0 aliphatic heterocycles. The maximum absolute atomic E-state index is 11.2. The zero-order valence-corrected chi connectivity index (χ0v) is 10.9. The van der Waals surface area contributed by atoms with E-state index in [4.69, 9.17) is 0 Å². The van der Waals surface area contributed by atoms with Gasteiger partial charge < -0.3 is 5.32 Å². The van der Waals surface area contributed by atoms with Crippen molar-refractivity contribution in [3.8, 4) is 0 Å². The van der Waals surface area contributed by atoms with Gasteiger partial charge in [0.25, 0.3) is 0 Å². The standard InChI is InChI=1S/C14H25NO/c1-5-13(16)15-12-9-7-11(8-10-12)14(3,4)6-2/h5,11-12H,1,6-10H2,2-4H3,(H,15,16). The van der Waals surface area contributed by atoms with E-state index >= 15 is 0 Å². The molecule has 2 nitrogen and oxygen atoms in total. The quantitative estimate of drug-likeness (QED) is 0.728. The summed E-state index contributed by atoms with van der Waals surface area (Å²) in [6.45, 7) is 10.5. The van der Waals surface area contributed by atoms with Gasteiger partial charge in [-0.1, -0.05) is 33.8 Å².